The molecule has 102 valence electrons. The topological polar surface area (TPSA) is 72.2 Å². The third-order valence-corrected chi connectivity index (χ3v) is 2.83. The number of non-ortho nitro benzene ring substituents is 1. The van der Waals surface area contributed by atoms with Gasteiger partial charge in [0.15, 0.2) is 0 Å². The van der Waals surface area contributed by atoms with Gasteiger partial charge in [0.05, 0.1) is 15.6 Å². The second-order valence-electron chi connectivity index (χ2n) is 3.88. The Morgan fingerprint density at radius 2 is 1.85 bits per heavy atom. The Kier molecular flexibility index (Phi) is 3.95. The summed E-state index contributed by atoms with van der Waals surface area (Å²) < 4.78 is 12.9. The Bertz CT molecular complexity index is 674. The number of amides is 1. The van der Waals surface area contributed by atoms with Crippen LogP contribution in [0, 0.1) is 15.9 Å². The predicted octanol–water partition coefficient (Wildman–Crippen LogP) is 3.64. The van der Waals surface area contributed by atoms with Gasteiger partial charge in [-0.2, -0.15) is 0 Å². The molecule has 0 heterocycles. The highest BCUT2D eigenvalue weighted by molar-refractivity contribution is 6.33. The lowest BCUT2D eigenvalue weighted by Crippen LogP contribution is -2.12. The van der Waals surface area contributed by atoms with E-state index in [4.69, 9.17) is 11.6 Å². The van der Waals surface area contributed by atoms with Gasteiger partial charge >= 0.3 is 0 Å². The zero-order valence-corrected chi connectivity index (χ0v) is 10.7. The lowest BCUT2D eigenvalue weighted by molar-refractivity contribution is -0.384. The van der Waals surface area contributed by atoms with E-state index in [0.29, 0.717) is 0 Å². The molecule has 5 nitrogen and oxygen atoms in total. The highest BCUT2D eigenvalue weighted by atomic mass is 35.5. The van der Waals surface area contributed by atoms with Gasteiger partial charge in [0.2, 0.25) is 0 Å². The number of nitro groups is 1. The van der Waals surface area contributed by atoms with Crippen LogP contribution < -0.4 is 5.32 Å². The lowest BCUT2D eigenvalue weighted by Gasteiger charge is -2.07. The zero-order chi connectivity index (χ0) is 14.7. The first kappa shape index (κ1) is 14.0. The van der Waals surface area contributed by atoms with Crippen molar-refractivity contribution < 1.29 is 14.1 Å². The van der Waals surface area contributed by atoms with E-state index in [9.17, 15) is 19.3 Å². The minimum absolute atomic E-state index is 0.0697. The summed E-state index contributed by atoms with van der Waals surface area (Å²) >= 11 is 5.78. The molecule has 0 bridgehead atoms. The maximum absolute atomic E-state index is 12.9. The Balaban J connectivity index is 2.17. The molecule has 2 aromatic rings. The smallest absolute Gasteiger partial charge is 0.269 e. The minimum atomic E-state index is -0.557. The van der Waals surface area contributed by atoms with Crippen molar-refractivity contribution in [3.05, 3.63) is 69.0 Å². The van der Waals surface area contributed by atoms with Crippen molar-refractivity contribution in [1.82, 2.24) is 0 Å². The number of nitro benzene ring substituents is 1. The van der Waals surface area contributed by atoms with Crippen LogP contribution in [-0.2, 0) is 0 Å². The zero-order valence-electron chi connectivity index (χ0n) is 9.97. The van der Waals surface area contributed by atoms with E-state index in [1.807, 2.05) is 0 Å². The van der Waals surface area contributed by atoms with Crippen LogP contribution in [0.4, 0.5) is 15.8 Å². The monoisotopic (exact) mass is 294 g/mol. The van der Waals surface area contributed by atoms with Crippen LogP contribution in [0.2, 0.25) is 5.02 Å². The SMILES string of the molecule is O=C(Nc1ccc(F)cc1Cl)c1ccc([N+](=O)[O-])cc1. The van der Waals surface area contributed by atoms with Gasteiger partial charge in [0, 0.05) is 17.7 Å². The first-order chi connectivity index (χ1) is 9.47. The summed E-state index contributed by atoms with van der Waals surface area (Å²) in [5.41, 5.74) is 0.383. The van der Waals surface area contributed by atoms with Crippen molar-refractivity contribution in [2.75, 3.05) is 5.32 Å². The van der Waals surface area contributed by atoms with Crippen LogP contribution in [0.1, 0.15) is 10.4 Å². The number of nitrogens with one attached hydrogen (secondary N) is 1. The Morgan fingerprint density at radius 1 is 1.20 bits per heavy atom. The van der Waals surface area contributed by atoms with Gasteiger partial charge in [-0.05, 0) is 30.3 Å². The van der Waals surface area contributed by atoms with Crippen molar-refractivity contribution in [1.29, 1.82) is 0 Å². The van der Waals surface area contributed by atoms with Crippen molar-refractivity contribution in [2.24, 2.45) is 0 Å². The first-order valence-electron chi connectivity index (χ1n) is 5.48. The van der Waals surface area contributed by atoms with Gasteiger partial charge in [0.25, 0.3) is 11.6 Å². The van der Waals surface area contributed by atoms with Gasteiger partial charge in [-0.1, -0.05) is 11.6 Å². The maximum Gasteiger partial charge on any atom is 0.269 e. The van der Waals surface area contributed by atoms with Crippen molar-refractivity contribution in [3.63, 3.8) is 0 Å². The van der Waals surface area contributed by atoms with Crippen LogP contribution in [0.3, 0.4) is 0 Å². The fourth-order valence-electron chi connectivity index (χ4n) is 1.52. The molecule has 0 aliphatic carbocycles. The average molecular weight is 295 g/mol. The number of hydrogen-bond acceptors (Lipinski definition) is 3. The van der Waals surface area contributed by atoms with Gasteiger partial charge in [0.1, 0.15) is 5.82 Å². The van der Waals surface area contributed by atoms with Crippen LogP contribution in [0.5, 0.6) is 0 Å². The summed E-state index contributed by atoms with van der Waals surface area (Å²) in [6, 6.07) is 8.67. The quantitative estimate of drug-likeness (QED) is 0.694. The summed E-state index contributed by atoms with van der Waals surface area (Å²) in [5.74, 6) is -1.00. The van der Waals surface area contributed by atoms with Gasteiger partial charge < -0.3 is 5.32 Å². The van der Waals surface area contributed by atoms with E-state index in [0.717, 1.165) is 12.1 Å². The molecular formula is C13H8ClFN2O3. The third kappa shape index (κ3) is 3.10. The second-order valence-corrected chi connectivity index (χ2v) is 4.29. The standard InChI is InChI=1S/C13H8ClFN2O3/c14-11-7-9(15)3-6-12(11)16-13(18)8-1-4-10(5-2-8)17(19)20/h1-7H,(H,16,18). The molecule has 0 radical (unpaired) electrons. The number of rotatable bonds is 3. The molecule has 7 heteroatoms. The Morgan fingerprint density at radius 3 is 2.40 bits per heavy atom. The van der Waals surface area contributed by atoms with E-state index in [-0.39, 0.29) is 22.0 Å². The van der Waals surface area contributed by atoms with Crippen LogP contribution >= 0.6 is 11.6 Å². The third-order valence-electron chi connectivity index (χ3n) is 2.52. The molecular weight excluding hydrogens is 287 g/mol. The molecule has 0 unspecified atom stereocenters. The molecule has 0 spiro atoms. The molecule has 0 aliphatic rings. The summed E-state index contributed by atoms with van der Waals surface area (Å²) in [4.78, 5) is 21.8. The van der Waals surface area contributed by atoms with Crippen molar-refractivity contribution >= 4 is 28.9 Å². The number of benzene rings is 2. The van der Waals surface area contributed by atoms with E-state index >= 15 is 0 Å². The largest absolute Gasteiger partial charge is 0.321 e. The molecule has 1 N–H and O–H groups in total. The van der Waals surface area contributed by atoms with Crippen molar-refractivity contribution in [3.8, 4) is 0 Å². The lowest BCUT2D eigenvalue weighted by atomic mass is 10.2. The molecule has 0 saturated heterocycles. The molecule has 2 rings (SSSR count). The van der Waals surface area contributed by atoms with Gasteiger partial charge in [-0.15, -0.1) is 0 Å². The number of carbonyl (C=O) groups excluding carboxylic acids is 1. The molecule has 0 atom stereocenters. The Hall–Kier alpha value is -2.47. The average Bonchev–Trinajstić information content (AvgIpc) is 2.42. The fraction of sp³-hybridized carbons (Fsp3) is 0. The second kappa shape index (κ2) is 5.66. The summed E-state index contributed by atoms with van der Waals surface area (Å²) in [6.07, 6.45) is 0. The van der Waals surface area contributed by atoms with E-state index in [1.54, 1.807) is 0 Å². The molecule has 0 fully saturated rings. The highest BCUT2D eigenvalue weighted by Crippen LogP contribution is 2.23. The fourth-order valence-corrected chi connectivity index (χ4v) is 1.73. The highest BCUT2D eigenvalue weighted by Gasteiger charge is 2.11. The predicted molar refractivity (Wildman–Crippen MR) is 72.5 cm³/mol. The first-order valence-corrected chi connectivity index (χ1v) is 5.86. The summed E-state index contributed by atoms with van der Waals surface area (Å²) in [5, 5.41) is 13.1. The molecule has 1 amide bonds. The molecule has 0 aliphatic heterocycles. The summed E-state index contributed by atoms with van der Waals surface area (Å²) in [6.45, 7) is 0. The number of anilines is 1. The summed E-state index contributed by atoms with van der Waals surface area (Å²) in [7, 11) is 0. The van der Waals surface area contributed by atoms with Crippen LogP contribution in [0.25, 0.3) is 0 Å². The van der Waals surface area contributed by atoms with E-state index < -0.39 is 16.6 Å². The molecule has 2 aromatic carbocycles. The minimum Gasteiger partial charge on any atom is -0.321 e. The van der Waals surface area contributed by atoms with Gasteiger partial charge in [-0.25, -0.2) is 4.39 Å². The number of carbonyl (C=O) groups is 1. The molecule has 0 aromatic heterocycles. The van der Waals surface area contributed by atoms with E-state index in [2.05, 4.69) is 5.32 Å². The van der Waals surface area contributed by atoms with Crippen LogP contribution in [-0.4, -0.2) is 10.8 Å². The number of halogens is 2. The van der Waals surface area contributed by atoms with Crippen molar-refractivity contribution in [2.45, 2.75) is 0 Å². The van der Waals surface area contributed by atoms with Gasteiger partial charge in [-0.3, -0.25) is 14.9 Å². The maximum atomic E-state index is 12.9. The Labute approximate surface area is 118 Å². The van der Waals surface area contributed by atoms with E-state index in [1.165, 1.54) is 30.3 Å². The number of nitrogens with zero attached hydrogens (tertiary/aromatic N) is 1. The molecule has 20 heavy (non-hydrogen) atoms. The molecule has 0 saturated carbocycles. The normalized spacial score (nSPS) is 10.1. The van der Waals surface area contributed by atoms with Crippen LogP contribution in [0.15, 0.2) is 42.5 Å². The number of hydrogen-bond donors (Lipinski definition) is 1.